The molecular weight excluding hydrogens is 174 g/mol. The van der Waals surface area contributed by atoms with Gasteiger partial charge in [0.1, 0.15) is 0 Å². The summed E-state index contributed by atoms with van der Waals surface area (Å²) in [6.07, 6.45) is 6.81. The highest BCUT2D eigenvalue weighted by Crippen LogP contribution is 2.11. The fourth-order valence-electron chi connectivity index (χ4n) is 1.75. The van der Waals surface area contributed by atoms with Gasteiger partial charge in [0.2, 0.25) is 0 Å². The first kappa shape index (κ1) is 13.7. The van der Waals surface area contributed by atoms with E-state index < -0.39 is 0 Å². The first-order valence-electron chi connectivity index (χ1n) is 5.67. The average molecular weight is 199 g/mol. The van der Waals surface area contributed by atoms with Crippen LogP contribution in [0.5, 0.6) is 0 Å². The van der Waals surface area contributed by atoms with Crippen molar-refractivity contribution in [2.24, 2.45) is 0 Å². The van der Waals surface area contributed by atoms with E-state index in [1.54, 1.807) is 7.11 Å². The maximum absolute atomic E-state index is 5.51. The predicted octanol–water partition coefficient (Wildman–Crippen LogP) is 2.75. The quantitative estimate of drug-likeness (QED) is 0.577. The summed E-state index contributed by atoms with van der Waals surface area (Å²) in [5.41, 5.74) is 0. The smallest absolute Gasteiger partial charge is 0.0724 e. The number of likely N-dealkylation sites (N-methyl/N-ethyl adjacent to an activating group) is 1. The summed E-state index contributed by atoms with van der Waals surface area (Å²) in [6.45, 7) is 9.10. The minimum Gasteiger partial charge on any atom is -0.380 e. The maximum atomic E-state index is 5.51. The lowest BCUT2D eigenvalue weighted by Gasteiger charge is -2.26. The molecule has 1 N–H and O–H groups in total. The van der Waals surface area contributed by atoms with Crippen molar-refractivity contribution >= 4 is 0 Å². The molecule has 0 aliphatic carbocycles. The van der Waals surface area contributed by atoms with Crippen molar-refractivity contribution in [1.29, 1.82) is 0 Å². The standard InChI is InChI=1S/C12H25NO/c1-5-8-10-11(13-7-3)12(14-4)9-6-2/h5,11-13H,1,6-10H2,2-4H3. The highest BCUT2D eigenvalue weighted by molar-refractivity contribution is 4.80. The third-order valence-electron chi connectivity index (χ3n) is 2.47. The van der Waals surface area contributed by atoms with Crippen LogP contribution in [-0.2, 0) is 4.74 Å². The fourth-order valence-corrected chi connectivity index (χ4v) is 1.75. The van der Waals surface area contributed by atoms with Gasteiger partial charge in [-0.1, -0.05) is 26.3 Å². The summed E-state index contributed by atoms with van der Waals surface area (Å²) in [6, 6.07) is 0.475. The molecule has 0 aromatic rings. The van der Waals surface area contributed by atoms with E-state index in [0.29, 0.717) is 12.1 Å². The number of hydrogen-bond donors (Lipinski definition) is 1. The van der Waals surface area contributed by atoms with E-state index in [-0.39, 0.29) is 0 Å². The highest BCUT2D eigenvalue weighted by atomic mass is 16.5. The summed E-state index contributed by atoms with van der Waals surface area (Å²) < 4.78 is 5.51. The molecule has 0 amide bonds. The first-order valence-corrected chi connectivity index (χ1v) is 5.67. The Hall–Kier alpha value is -0.340. The van der Waals surface area contributed by atoms with Gasteiger partial charge in [-0.2, -0.15) is 0 Å². The molecule has 0 radical (unpaired) electrons. The van der Waals surface area contributed by atoms with E-state index in [4.69, 9.17) is 4.74 Å². The van der Waals surface area contributed by atoms with E-state index in [2.05, 4.69) is 25.7 Å². The molecule has 0 aliphatic rings. The molecule has 84 valence electrons. The second-order valence-electron chi connectivity index (χ2n) is 3.59. The molecule has 2 atom stereocenters. The minimum absolute atomic E-state index is 0.347. The number of rotatable bonds is 9. The van der Waals surface area contributed by atoms with Gasteiger partial charge in [0.25, 0.3) is 0 Å². The normalized spacial score (nSPS) is 15.1. The van der Waals surface area contributed by atoms with Crippen molar-refractivity contribution < 1.29 is 4.74 Å². The topological polar surface area (TPSA) is 21.3 Å². The number of nitrogens with one attached hydrogen (secondary N) is 1. The molecule has 0 heterocycles. The lowest BCUT2D eigenvalue weighted by atomic mass is 10.0. The molecule has 0 aromatic carbocycles. The Balaban J connectivity index is 4.03. The maximum Gasteiger partial charge on any atom is 0.0724 e. The first-order chi connectivity index (χ1) is 6.79. The zero-order valence-corrected chi connectivity index (χ0v) is 9.88. The molecule has 2 heteroatoms. The molecule has 0 fully saturated rings. The number of hydrogen-bond acceptors (Lipinski definition) is 2. The molecule has 0 aromatic heterocycles. The van der Waals surface area contributed by atoms with Crippen molar-refractivity contribution in [3.05, 3.63) is 12.7 Å². The summed E-state index contributed by atoms with van der Waals surface area (Å²) in [4.78, 5) is 0. The van der Waals surface area contributed by atoms with Crippen LogP contribution in [0, 0.1) is 0 Å². The van der Waals surface area contributed by atoms with Crippen LogP contribution in [-0.4, -0.2) is 25.8 Å². The van der Waals surface area contributed by atoms with Gasteiger partial charge in [-0.15, -0.1) is 6.58 Å². The van der Waals surface area contributed by atoms with Crippen molar-refractivity contribution in [1.82, 2.24) is 5.32 Å². The molecule has 0 saturated heterocycles. The van der Waals surface area contributed by atoms with E-state index in [9.17, 15) is 0 Å². The van der Waals surface area contributed by atoms with Crippen LogP contribution in [0.25, 0.3) is 0 Å². The van der Waals surface area contributed by atoms with Gasteiger partial charge in [-0.05, 0) is 25.8 Å². The summed E-state index contributed by atoms with van der Waals surface area (Å²) >= 11 is 0. The van der Waals surface area contributed by atoms with Crippen LogP contribution in [0.2, 0.25) is 0 Å². The van der Waals surface area contributed by atoms with Gasteiger partial charge in [0, 0.05) is 13.2 Å². The zero-order chi connectivity index (χ0) is 10.8. The summed E-state index contributed by atoms with van der Waals surface area (Å²) in [5.74, 6) is 0. The van der Waals surface area contributed by atoms with Crippen LogP contribution >= 0.6 is 0 Å². The molecule has 2 nitrogen and oxygen atoms in total. The largest absolute Gasteiger partial charge is 0.380 e. The number of ether oxygens (including phenoxy) is 1. The van der Waals surface area contributed by atoms with Crippen molar-refractivity contribution in [3.8, 4) is 0 Å². The molecule has 0 spiro atoms. The van der Waals surface area contributed by atoms with E-state index in [0.717, 1.165) is 25.8 Å². The van der Waals surface area contributed by atoms with Crippen molar-refractivity contribution in [3.63, 3.8) is 0 Å². The van der Waals surface area contributed by atoms with Crippen LogP contribution in [0.3, 0.4) is 0 Å². The van der Waals surface area contributed by atoms with Gasteiger partial charge in [-0.3, -0.25) is 0 Å². The lowest BCUT2D eigenvalue weighted by Crippen LogP contribution is -2.40. The Morgan fingerprint density at radius 3 is 2.50 bits per heavy atom. The number of methoxy groups -OCH3 is 1. The molecule has 0 saturated carbocycles. The molecule has 0 aliphatic heterocycles. The second-order valence-corrected chi connectivity index (χ2v) is 3.59. The van der Waals surface area contributed by atoms with E-state index >= 15 is 0 Å². The Labute approximate surface area is 88.7 Å². The van der Waals surface area contributed by atoms with E-state index in [1.165, 1.54) is 6.42 Å². The van der Waals surface area contributed by atoms with Crippen LogP contribution in [0.1, 0.15) is 39.5 Å². The molecule has 0 rings (SSSR count). The van der Waals surface area contributed by atoms with Crippen LogP contribution in [0.15, 0.2) is 12.7 Å². The Kier molecular flexibility index (Phi) is 9.00. The molecule has 0 bridgehead atoms. The third-order valence-corrected chi connectivity index (χ3v) is 2.47. The zero-order valence-electron chi connectivity index (χ0n) is 9.88. The van der Waals surface area contributed by atoms with E-state index in [1.807, 2.05) is 6.08 Å². The lowest BCUT2D eigenvalue weighted by molar-refractivity contribution is 0.0589. The predicted molar refractivity (Wildman–Crippen MR) is 62.6 cm³/mol. The van der Waals surface area contributed by atoms with Crippen molar-refractivity contribution in [2.45, 2.75) is 51.7 Å². The van der Waals surface area contributed by atoms with Gasteiger partial charge in [0.15, 0.2) is 0 Å². The second kappa shape index (κ2) is 9.22. The van der Waals surface area contributed by atoms with Crippen LogP contribution < -0.4 is 5.32 Å². The van der Waals surface area contributed by atoms with Gasteiger partial charge in [0.05, 0.1) is 6.10 Å². The third kappa shape index (κ3) is 5.40. The van der Waals surface area contributed by atoms with Gasteiger partial charge >= 0.3 is 0 Å². The molecule has 14 heavy (non-hydrogen) atoms. The number of allylic oxidation sites excluding steroid dienone is 1. The molecule has 2 unspecified atom stereocenters. The minimum atomic E-state index is 0.347. The van der Waals surface area contributed by atoms with Crippen molar-refractivity contribution in [2.75, 3.05) is 13.7 Å². The highest BCUT2D eigenvalue weighted by Gasteiger charge is 2.18. The SMILES string of the molecule is C=CCCC(NCC)C(CCC)OC. The summed E-state index contributed by atoms with van der Waals surface area (Å²) in [5, 5.41) is 3.48. The summed E-state index contributed by atoms with van der Waals surface area (Å²) in [7, 11) is 1.80. The Morgan fingerprint density at radius 2 is 2.07 bits per heavy atom. The average Bonchev–Trinajstić information content (AvgIpc) is 2.21. The fraction of sp³-hybridized carbons (Fsp3) is 0.833. The monoisotopic (exact) mass is 199 g/mol. The van der Waals surface area contributed by atoms with Gasteiger partial charge in [-0.25, -0.2) is 0 Å². The molecular formula is C12H25NO. The van der Waals surface area contributed by atoms with Gasteiger partial charge < -0.3 is 10.1 Å². The van der Waals surface area contributed by atoms with Crippen LogP contribution in [0.4, 0.5) is 0 Å². The Morgan fingerprint density at radius 1 is 1.36 bits per heavy atom. The Bertz CT molecular complexity index is 136.